The number of hydrogen-bond acceptors (Lipinski definition) is 9. The van der Waals surface area contributed by atoms with Crippen LogP contribution in [0.1, 0.15) is 6.42 Å². The van der Waals surface area contributed by atoms with Crippen molar-refractivity contribution in [3.8, 4) is 0 Å². The number of aliphatic carboxylic acids is 1. The maximum Gasteiger partial charge on any atom is 0.326 e. The zero-order valence-electron chi connectivity index (χ0n) is 15.2. The van der Waals surface area contributed by atoms with E-state index in [0.29, 0.717) is 0 Å². The maximum atomic E-state index is 12.5. The van der Waals surface area contributed by atoms with Gasteiger partial charge in [0.15, 0.2) is 0 Å². The lowest BCUT2D eigenvalue weighted by atomic mass is 10.2. The predicted molar refractivity (Wildman–Crippen MR) is 102 cm³/mol. The summed E-state index contributed by atoms with van der Waals surface area (Å²) in [6.07, 6.45) is -1.38. The molecule has 158 valence electrons. The van der Waals surface area contributed by atoms with Crippen LogP contribution in [-0.4, -0.2) is 48.0 Å². The van der Waals surface area contributed by atoms with Crippen molar-refractivity contribution in [1.29, 1.82) is 0 Å². The molecule has 0 amide bonds. The number of rotatable bonds is 7. The molecule has 2 aromatic carbocycles. The van der Waals surface area contributed by atoms with Gasteiger partial charge in [0, 0.05) is 31.2 Å². The van der Waals surface area contributed by atoms with Crippen LogP contribution in [0.2, 0.25) is 0 Å². The van der Waals surface area contributed by atoms with Gasteiger partial charge in [-0.3, -0.25) is 24.4 Å². The van der Waals surface area contributed by atoms with E-state index in [1.165, 1.54) is 35.2 Å². The van der Waals surface area contributed by atoms with Crippen LogP contribution in [0.3, 0.4) is 0 Å². The average molecular weight is 437 g/mol. The molecule has 1 saturated heterocycles. The molecule has 1 N–H and O–H groups in total. The Morgan fingerprint density at radius 1 is 1.10 bits per heavy atom. The highest BCUT2D eigenvalue weighted by atomic mass is 32.2. The fourth-order valence-electron chi connectivity index (χ4n) is 3.22. The van der Waals surface area contributed by atoms with Gasteiger partial charge < -0.3 is 10.0 Å². The zero-order valence-corrected chi connectivity index (χ0v) is 16.0. The van der Waals surface area contributed by atoms with Crippen LogP contribution >= 0.6 is 0 Å². The van der Waals surface area contributed by atoms with Gasteiger partial charge in [-0.25, -0.2) is 4.79 Å². The number of anilines is 1. The molecular formula is C17H15N3O9S. The lowest BCUT2D eigenvalue weighted by Gasteiger charge is -2.23. The van der Waals surface area contributed by atoms with E-state index in [9.17, 15) is 38.5 Å². The van der Waals surface area contributed by atoms with Crippen molar-refractivity contribution in [1.82, 2.24) is 0 Å². The van der Waals surface area contributed by atoms with Gasteiger partial charge in [-0.05, 0) is 12.1 Å². The number of non-ortho nitro benzene ring substituents is 1. The molecule has 0 aliphatic carbocycles. The molecule has 30 heavy (non-hydrogen) atoms. The molecule has 0 spiro atoms. The number of benzene rings is 2. The minimum absolute atomic E-state index is 0.0220. The Balaban J connectivity index is 1.89. The highest BCUT2D eigenvalue weighted by molar-refractivity contribution is 7.86. The monoisotopic (exact) mass is 437 g/mol. The predicted octanol–water partition coefficient (Wildman–Crippen LogP) is 1.94. The summed E-state index contributed by atoms with van der Waals surface area (Å²) in [7, 11) is -4.44. The summed E-state index contributed by atoms with van der Waals surface area (Å²) < 4.78 is 30.2. The van der Waals surface area contributed by atoms with Crippen LogP contribution in [0.4, 0.5) is 17.1 Å². The molecule has 0 unspecified atom stereocenters. The number of para-hydroxylation sites is 2. The van der Waals surface area contributed by atoms with Crippen LogP contribution in [-0.2, 0) is 19.1 Å². The van der Waals surface area contributed by atoms with Gasteiger partial charge in [0.05, 0.1) is 16.0 Å². The van der Waals surface area contributed by atoms with Crippen LogP contribution in [0.15, 0.2) is 53.4 Å². The van der Waals surface area contributed by atoms with E-state index in [-0.39, 0.29) is 24.3 Å². The van der Waals surface area contributed by atoms with Gasteiger partial charge in [0.2, 0.25) is 0 Å². The van der Waals surface area contributed by atoms with Crippen molar-refractivity contribution in [3.05, 3.63) is 68.8 Å². The fourth-order valence-corrected chi connectivity index (χ4v) is 4.34. The Kier molecular flexibility index (Phi) is 5.67. The van der Waals surface area contributed by atoms with Crippen molar-refractivity contribution < 1.29 is 32.3 Å². The lowest BCUT2D eigenvalue weighted by molar-refractivity contribution is -0.385. The molecule has 12 nitrogen and oxygen atoms in total. The highest BCUT2D eigenvalue weighted by Gasteiger charge is 2.42. The number of carboxylic acids is 1. The molecule has 0 bridgehead atoms. The van der Waals surface area contributed by atoms with Crippen LogP contribution in [0.25, 0.3) is 0 Å². The first kappa shape index (κ1) is 21.1. The molecule has 2 atom stereocenters. The molecule has 1 aliphatic rings. The fraction of sp³-hybridized carbons (Fsp3) is 0.235. The molecular weight excluding hydrogens is 422 g/mol. The van der Waals surface area contributed by atoms with E-state index >= 15 is 0 Å². The number of hydrogen-bond donors (Lipinski definition) is 1. The first-order chi connectivity index (χ1) is 14.1. The van der Waals surface area contributed by atoms with E-state index in [1.54, 1.807) is 0 Å². The number of nitrogens with zero attached hydrogens (tertiary/aromatic N) is 3. The third-order valence-corrected chi connectivity index (χ3v) is 5.87. The standard InChI is InChI=1S/C17H15N3O9S/c21-17(22)16-9-12(10-18(16)14-6-1-2-7-15(14)20(25)26)29-30(27,28)13-5-3-4-11(8-13)19(23)24/h1-8,12,16H,9-10H2,(H,21,22)/t12-,16-/m0/s1. The third kappa shape index (κ3) is 4.21. The topological polar surface area (TPSA) is 170 Å². The van der Waals surface area contributed by atoms with Gasteiger partial charge in [-0.15, -0.1) is 0 Å². The quantitative estimate of drug-likeness (QED) is 0.383. The summed E-state index contributed by atoms with van der Waals surface area (Å²) in [6.45, 7) is -0.240. The van der Waals surface area contributed by atoms with E-state index in [2.05, 4.69) is 0 Å². The highest BCUT2D eigenvalue weighted by Crippen LogP contribution is 2.35. The number of nitro groups is 2. The number of carboxylic acid groups (broad SMARTS) is 1. The summed E-state index contributed by atoms with van der Waals surface area (Å²) in [5.41, 5.74) is -0.754. The molecule has 1 fully saturated rings. The van der Waals surface area contributed by atoms with Gasteiger partial charge in [-0.1, -0.05) is 18.2 Å². The molecule has 0 aromatic heterocycles. The maximum absolute atomic E-state index is 12.5. The Hall–Kier alpha value is -3.58. The number of nitro benzene ring substituents is 2. The van der Waals surface area contributed by atoms with Crippen molar-refractivity contribution in [2.75, 3.05) is 11.4 Å². The van der Waals surface area contributed by atoms with Gasteiger partial charge in [-0.2, -0.15) is 8.42 Å². The van der Waals surface area contributed by atoms with Crippen molar-refractivity contribution >= 4 is 33.1 Å². The summed E-state index contributed by atoms with van der Waals surface area (Å²) in [6, 6.07) is 8.49. The van der Waals surface area contributed by atoms with E-state index in [4.69, 9.17) is 4.18 Å². The third-order valence-electron chi connectivity index (χ3n) is 4.52. The van der Waals surface area contributed by atoms with E-state index < -0.39 is 48.7 Å². The Morgan fingerprint density at radius 2 is 1.80 bits per heavy atom. The van der Waals surface area contributed by atoms with E-state index in [0.717, 1.165) is 18.2 Å². The first-order valence-corrected chi connectivity index (χ1v) is 9.91. The minimum Gasteiger partial charge on any atom is -0.480 e. The molecule has 1 heterocycles. The minimum atomic E-state index is -4.44. The smallest absolute Gasteiger partial charge is 0.326 e. The average Bonchev–Trinajstić information content (AvgIpc) is 3.11. The molecule has 0 radical (unpaired) electrons. The SMILES string of the molecule is O=C(O)[C@@H]1C[C@H](OS(=O)(=O)c2cccc([N+](=O)[O-])c2)CN1c1ccccc1[N+](=O)[O-]. The van der Waals surface area contributed by atoms with Crippen molar-refractivity contribution in [3.63, 3.8) is 0 Å². The van der Waals surface area contributed by atoms with Gasteiger partial charge in [0.25, 0.3) is 21.5 Å². The Bertz CT molecular complexity index is 1120. The molecule has 3 rings (SSSR count). The second kappa shape index (κ2) is 8.04. The largest absolute Gasteiger partial charge is 0.480 e. The Labute approximate surface area is 169 Å². The van der Waals surface area contributed by atoms with Gasteiger partial charge in [0.1, 0.15) is 16.6 Å². The van der Waals surface area contributed by atoms with Gasteiger partial charge >= 0.3 is 5.97 Å². The normalized spacial score (nSPS) is 18.9. The van der Waals surface area contributed by atoms with Crippen LogP contribution < -0.4 is 4.90 Å². The van der Waals surface area contributed by atoms with Crippen LogP contribution in [0.5, 0.6) is 0 Å². The van der Waals surface area contributed by atoms with Crippen LogP contribution in [0, 0.1) is 20.2 Å². The second-order valence-electron chi connectivity index (χ2n) is 6.41. The molecule has 1 aliphatic heterocycles. The summed E-state index contributed by atoms with van der Waals surface area (Å²) >= 11 is 0. The number of carbonyl (C=O) groups is 1. The summed E-state index contributed by atoms with van der Waals surface area (Å²) in [4.78, 5) is 33.2. The Morgan fingerprint density at radius 3 is 2.43 bits per heavy atom. The van der Waals surface area contributed by atoms with E-state index in [1.807, 2.05) is 0 Å². The second-order valence-corrected chi connectivity index (χ2v) is 7.99. The zero-order chi connectivity index (χ0) is 22.1. The summed E-state index contributed by atoms with van der Waals surface area (Å²) in [5, 5.41) is 31.7. The molecule has 0 saturated carbocycles. The molecule has 13 heteroatoms. The summed E-state index contributed by atoms with van der Waals surface area (Å²) in [5.74, 6) is -1.30. The molecule has 2 aromatic rings. The lowest BCUT2D eigenvalue weighted by Crippen LogP contribution is -2.36. The van der Waals surface area contributed by atoms with Crippen molar-refractivity contribution in [2.24, 2.45) is 0 Å². The van der Waals surface area contributed by atoms with Crippen molar-refractivity contribution in [2.45, 2.75) is 23.5 Å². The first-order valence-electron chi connectivity index (χ1n) is 8.51.